The SMILES string of the molecule is CCCCCCCCC(=O)O[N+]1([O-])C(C)(C)CC(O)CC1(C)C. The monoisotopic (exact) mass is 329 g/mol. The Kier molecular flexibility index (Phi) is 7.05. The summed E-state index contributed by atoms with van der Waals surface area (Å²) in [5.41, 5.74) is -1.70. The van der Waals surface area contributed by atoms with E-state index in [0.29, 0.717) is 19.3 Å². The van der Waals surface area contributed by atoms with E-state index in [1.54, 1.807) is 27.7 Å². The van der Waals surface area contributed by atoms with Gasteiger partial charge in [0.2, 0.25) is 0 Å². The molecular weight excluding hydrogens is 294 g/mol. The first-order valence-electron chi connectivity index (χ1n) is 9.06. The normalized spacial score (nSPS) is 29.3. The van der Waals surface area contributed by atoms with Crippen molar-refractivity contribution in [3.63, 3.8) is 0 Å². The molecule has 0 saturated carbocycles. The van der Waals surface area contributed by atoms with E-state index in [4.69, 9.17) is 4.84 Å². The van der Waals surface area contributed by atoms with E-state index in [0.717, 1.165) is 19.3 Å². The van der Waals surface area contributed by atoms with Crippen LogP contribution in [0.2, 0.25) is 0 Å². The molecule has 0 spiro atoms. The number of hydroxylamine groups is 4. The van der Waals surface area contributed by atoms with Crippen LogP contribution in [-0.2, 0) is 9.63 Å². The van der Waals surface area contributed by atoms with Crippen LogP contribution in [0.5, 0.6) is 0 Å². The summed E-state index contributed by atoms with van der Waals surface area (Å²) in [5.74, 6) is -0.423. The van der Waals surface area contributed by atoms with Gasteiger partial charge in [-0.05, 0) is 34.1 Å². The molecule has 1 heterocycles. The van der Waals surface area contributed by atoms with Crippen molar-refractivity contribution in [2.45, 2.75) is 110 Å². The van der Waals surface area contributed by atoms with E-state index in [-0.39, 0.29) is 0 Å². The zero-order valence-corrected chi connectivity index (χ0v) is 15.6. The van der Waals surface area contributed by atoms with Gasteiger partial charge in [0.25, 0.3) is 0 Å². The molecule has 0 bridgehead atoms. The average Bonchev–Trinajstić information content (AvgIpc) is 2.39. The minimum atomic E-state index is -1.01. The maximum atomic E-state index is 13.3. The molecule has 0 aromatic carbocycles. The molecule has 0 radical (unpaired) electrons. The Labute approximate surface area is 141 Å². The van der Waals surface area contributed by atoms with E-state index in [9.17, 15) is 15.1 Å². The van der Waals surface area contributed by atoms with Crippen LogP contribution < -0.4 is 0 Å². The van der Waals surface area contributed by atoms with Gasteiger partial charge in [0.1, 0.15) is 11.1 Å². The molecule has 0 atom stereocenters. The minimum absolute atomic E-state index is 0.295. The first kappa shape index (κ1) is 20.4. The van der Waals surface area contributed by atoms with Crippen molar-refractivity contribution < 1.29 is 19.5 Å². The molecule has 0 aromatic rings. The second kappa shape index (κ2) is 7.95. The van der Waals surface area contributed by atoms with Crippen molar-refractivity contribution in [3.8, 4) is 0 Å². The van der Waals surface area contributed by atoms with Gasteiger partial charge in [0.15, 0.2) is 0 Å². The summed E-state index contributed by atoms with van der Waals surface area (Å²) in [6, 6.07) is 0. The highest BCUT2D eigenvalue weighted by atomic mass is 16.9. The standard InChI is InChI=1S/C18H35NO4/c1-6-7-8-9-10-11-12-16(21)23-19(22)17(2,3)13-15(20)14-18(19,4)5/h15,20H,6-14H2,1-5H3. The molecule has 1 N–H and O–H groups in total. The number of aliphatic hydroxyl groups is 1. The fourth-order valence-electron chi connectivity index (χ4n) is 3.77. The zero-order valence-electron chi connectivity index (χ0n) is 15.6. The number of hydrogen-bond acceptors (Lipinski definition) is 4. The van der Waals surface area contributed by atoms with Gasteiger partial charge in [-0.15, -0.1) is 0 Å². The van der Waals surface area contributed by atoms with Crippen LogP contribution in [0.3, 0.4) is 0 Å². The molecule has 1 aliphatic heterocycles. The lowest BCUT2D eigenvalue weighted by molar-refractivity contribution is -1.13. The van der Waals surface area contributed by atoms with Gasteiger partial charge >= 0.3 is 5.97 Å². The van der Waals surface area contributed by atoms with Crippen LogP contribution in [0, 0.1) is 5.21 Å². The second-order valence-corrected chi connectivity index (χ2v) is 8.22. The van der Waals surface area contributed by atoms with Gasteiger partial charge in [0, 0.05) is 12.8 Å². The average molecular weight is 329 g/mol. The second-order valence-electron chi connectivity index (χ2n) is 8.22. The molecule has 1 fully saturated rings. The fourth-order valence-corrected chi connectivity index (χ4v) is 3.77. The van der Waals surface area contributed by atoms with Gasteiger partial charge in [-0.2, -0.15) is 4.81 Å². The number of piperidine rings is 1. The summed E-state index contributed by atoms with van der Waals surface area (Å²) in [6.07, 6.45) is 6.97. The quantitative estimate of drug-likeness (QED) is 0.411. The number of unbranched alkanes of at least 4 members (excludes halogenated alkanes) is 5. The number of carbonyl (C=O) groups is 1. The predicted molar refractivity (Wildman–Crippen MR) is 91.1 cm³/mol. The summed E-state index contributed by atoms with van der Waals surface area (Å²) in [5, 5.41) is 23.3. The Balaban J connectivity index is 2.57. The van der Waals surface area contributed by atoms with Crippen molar-refractivity contribution in [3.05, 3.63) is 5.21 Å². The highest BCUT2D eigenvalue weighted by molar-refractivity contribution is 5.68. The molecule has 1 rings (SSSR count). The zero-order chi connectivity index (χ0) is 17.7. The number of aliphatic hydroxyl groups excluding tert-OH is 1. The van der Waals surface area contributed by atoms with Gasteiger partial charge in [-0.3, -0.25) is 4.84 Å². The molecule has 0 aromatic heterocycles. The molecule has 0 unspecified atom stereocenters. The Bertz CT molecular complexity index is 374. The fraction of sp³-hybridized carbons (Fsp3) is 0.944. The van der Waals surface area contributed by atoms with E-state index < -0.39 is 28.0 Å². The van der Waals surface area contributed by atoms with E-state index in [2.05, 4.69) is 6.92 Å². The smallest absolute Gasteiger partial charge is 0.367 e. The first-order valence-corrected chi connectivity index (χ1v) is 9.06. The van der Waals surface area contributed by atoms with E-state index in [1.165, 1.54) is 19.3 Å². The Morgan fingerprint density at radius 3 is 2.09 bits per heavy atom. The Morgan fingerprint density at radius 1 is 1.09 bits per heavy atom. The Morgan fingerprint density at radius 2 is 1.57 bits per heavy atom. The molecule has 1 aliphatic rings. The maximum Gasteiger partial charge on any atom is 0.367 e. The lowest BCUT2D eigenvalue weighted by Gasteiger charge is -2.61. The van der Waals surface area contributed by atoms with Crippen LogP contribution in [0.25, 0.3) is 0 Å². The highest BCUT2D eigenvalue weighted by Crippen LogP contribution is 2.45. The first-order chi connectivity index (χ1) is 10.6. The molecule has 0 aliphatic carbocycles. The Hall–Kier alpha value is -0.650. The summed E-state index contributed by atoms with van der Waals surface area (Å²) in [7, 11) is 0. The number of rotatable bonds is 8. The molecular formula is C18H35NO4. The molecule has 23 heavy (non-hydrogen) atoms. The number of nitrogens with zero attached hydrogens (tertiary/aromatic N) is 1. The van der Waals surface area contributed by atoms with Gasteiger partial charge in [0.05, 0.1) is 12.5 Å². The largest absolute Gasteiger partial charge is 0.588 e. The summed E-state index contributed by atoms with van der Waals surface area (Å²) >= 11 is 0. The van der Waals surface area contributed by atoms with Crippen molar-refractivity contribution >= 4 is 5.97 Å². The predicted octanol–water partition coefficient (Wildman–Crippen LogP) is 4.22. The summed E-state index contributed by atoms with van der Waals surface area (Å²) < 4.78 is 0. The topological polar surface area (TPSA) is 69.6 Å². The van der Waals surface area contributed by atoms with Crippen LogP contribution in [-0.4, -0.2) is 33.1 Å². The molecule has 5 nitrogen and oxygen atoms in total. The van der Waals surface area contributed by atoms with Crippen LogP contribution in [0.4, 0.5) is 0 Å². The van der Waals surface area contributed by atoms with Crippen LogP contribution >= 0.6 is 0 Å². The van der Waals surface area contributed by atoms with Crippen LogP contribution in [0.1, 0.15) is 92.4 Å². The maximum absolute atomic E-state index is 13.3. The third kappa shape index (κ3) is 4.91. The van der Waals surface area contributed by atoms with E-state index >= 15 is 0 Å². The number of hydrogen-bond donors (Lipinski definition) is 1. The summed E-state index contributed by atoms with van der Waals surface area (Å²) in [6.45, 7) is 9.24. The minimum Gasteiger partial charge on any atom is -0.588 e. The number of carbonyl (C=O) groups excluding carboxylic acids is 1. The lowest BCUT2D eigenvalue weighted by Crippen LogP contribution is -2.72. The molecule has 1 saturated heterocycles. The molecule has 0 amide bonds. The highest BCUT2D eigenvalue weighted by Gasteiger charge is 2.57. The lowest BCUT2D eigenvalue weighted by atomic mass is 9.79. The molecule has 136 valence electrons. The molecule has 5 heteroatoms. The third-order valence-corrected chi connectivity index (χ3v) is 5.03. The van der Waals surface area contributed by atoms with Crippen molar-refractivity contribution in [2.24, 2.45) is 0 Å². The third-order valence-electron chi connectivity index (χ3n) is 5.03. The summed E-state index contributed by atoms with van der Waals surface area (Å²) in [4.78, 5) is 16.6. The van der Waals surface area contributed by atoms with Crippen LogP contribution in [0.15, 0.2) is 0 Å². The number of quaternary nitrogens is 1. The van der Waals surface area contributed by atoms with Crippen molar-refractivity contribution in [1.29, 1.82) is 0 Å². The van der Waals surface area contributed by atoms with Gasteiger partial charge in [-0.25, -0.2) is 4.79 Å². The van der Waals surface area contributed by atoms with Crippen molar-refractivity contribution in [1.82, 2.24) is 0 Å². The van der Waals surface area contributed by atoms with E-state index in [1.807, 2.05) is 0 Å². The van der Waals surface area contributed by atoms with Crippen molar-refractivity contribution in [2.75, 3.05) is 0 Å². The van der Waals surface area contributed by atoms with Gasteiger partial charge in [-0.1, -0.05) is 39.0 Å². The van der Waals surface area contributed by atoms with Gasteiger partial charge < -0.3 is 10.3 Å².